The number of nitrogens with one attached hydrogen (secondary N) is 2. The minimum Gasteiger partial charge on any atom is -0.368 e. The second-order valence-corrected chi connectivity index (χ2v) is 5.47. The summed E-state index contributed by atoms with van der Waals surface area (Å²) >= 11 is 0. The molecule has 0 fully saturated rings. The van der Waals surface area contributed by atoms with Crippen molar-refractivity contribution in [2.45, 2.75) is 0 Å². The van der Waals surface area contributed by atoms with E-state index < -0.39 is 0 Å². The zero-order valence-corrected chi connectivity index (χ0v) is 13.3. The fraction of sp³-hybridized carbons (Fsp3) is 0.176. The van der Waals surface area contributed by atoms with Crippen LogP contribution in [0.3, 0.4) is 0 Å². The van der Waals surface area contributed by atoms with Crippen LogP contribution in [-0.2, 0) is 7.05 Å². The van der Waals surface area contributed by atoms with Crippen molar-refractivity contribution in [1.82, 2.24) is 24.7 Å². The highest BCUT2D eigenvalue weighted by atomic mass is 15.3. The Morgan fingerprint density at radius 1 is 1.00 bits per heavy atom. The van der Waals surface area contributed by atoms with E-state index in [0.717, 1.165) is 46.7 Å². The molecule has 3 heterocycles. The first-order valence-corrected chi connectivity index (χ1v) is 7.77. The molecular formula is C17H17N7. The van der Waals surface area contributed by atoms with E-state index in [4.69, 9.17) is 0 Å². The number of aromatic nitrogens is 5. The topological polar surface area (TPSA) is 80.5 Å². The summed E-state index contributed by atoms with van der Waals surface area (Å²) in [6.45, 7) is 1.45. The van der Waals surface area contributed by atoms with Crippen LogP contribution in [-0.4, -0.2) is 37.8 Å². The maximum absolute atomic E-state index is 4.60. The van der Waals surface area contributed by atoms with Crippen LogP contribution in [0.5, 0.6) is 0 Å². The molecule has 7 heteroatoms. The van der Waals surface area contributed by atoms with Crippen LogP contribution in [0.1, 0.15) is 0 Å². The molecule has 0 atom stereocenters. The van der Waals surface area contributed by atoms with Crippen LogP contribution >= 0.6 is 0 Å². The van der Waals surface area contributed by atoms with Crippen molar-refractivity contribution in [3.63, 3.8) is 0 Å². The molecule has 7 nitrogen and oxygen atoms in total. The number of anilines is 2. The normalized spacial score (nSPS) is 11.0. The van der Waals surface area contributed by atoms with Crippen LogP contribution in [0.4, 0.5) is 11.6 Å². The summed E-state index contributed by atoms with van der Waals surface area (Å²) in [5, 5.41) is 12.9. The molecule has 24 heavy (non-hydrogen) atoms. The van der Waals surface area contributed by atoms with Gasteiger partial charge in [0, 0.05) is 25.5 Å². The van der Waals surface area contributed by atoms with Gasteiger partial charge in [-0.2, -0.15) is 5.10 Å². The summed E-state index contributed by atoms with van der Waals surface area (Å²) in [4.78, 5) is 13.1. The lowest BCUT2D eigenvalue weighted by Gasteiger charge is -2.09. The first-order valence-electron chi connectivity index (χ1n) is 7.77. The molecule has 4 aromatic rings. The van der Waals surface area contributed by atoms with Crippen molar-refractivity contribution in [3.05, 3.63) is 48.9 Å². The summed E-state index contributed by atoms with van der Waals surface area (Å²) in [6, 6.07) is 12.1. The highest BCUT2D eigenvalue weighted by Gasteiger charge is 2.06. The number of fused-ring (bicyclic) bond motifs is 2. The molecule has 1 aromatic carbocycles. The van der Waals surface area contributed by atoms with Gasteiger partial charge in [0.05, 0.1) is 17.1 Å². The Morgan fingerprint density at radius 2 is 1.88 bits per heavy atom. The predicted octanol–water partition coefficient (Wildman–Crippen LogP) is 2.44. The molecule has 120 valence electrons. The van der Waals surface area contributed by atoms with Gasteiger partial charge in [0.1, 0.15) is 18.0 Å². The zero-order chi connectivity index (χ0) is 16.4. The molecule has 0 aliphatic heterocycles. The maximum Gasteiger partial charge on any atom is 0.163 e. The summed E-state index contributed by atoms with van der Waals surface area (Å²) in [5.74, 6) is 1.66. The van der Waals surface area contributed by atoms with Gasteiger partial charge in [-0.1, -0.05) is 18.2 Å². The van der Waals surface area contributed by atoms with Crippen molar-refractivity contribution < 1.29 is 0 Å². The van der Waals surface area contributed by atoms with Crippen molar-refractivity contribution in [1.29, 1.82) is 0 Å². The van der Waals surface area contributed by atoms with E-state index in [2.05, 4.69) is 42.8 Å². The van der Waals surface area contributed by atoms with Crippen LogP contribution in [0.2, 0.25) is 0 Å². The molecule has 0 spiro atoms. The molecule has 0 saturated heterocycles. The highest BCUT2D eigenvalue weighted by molar-refractivity contribution is 5.86. The van der Waals surface area contributed by atoms with Gasteiger partial charge in [0.2, 0.25) is 0 Å². The fourth-order valence-electron chi connectivity index (χ4n) is 2.64. The van der Waals surface area contributed by atoms with Crippen molar-refractivity contribution in [2.24, 2.45) is 7.05 Å². The molecule has 0 bridgehead atoms. The first kappa shape index (κ1) is 14.4. The standard InChI is InChI=1S/C17H17N7/c1-24-17-13(10-22-24)16(20-11-21-17)19-9-8-18-15-7-6-12-4-2-3-5-14(12)23-15/h2-7,10-11H,8-9H2,1H3,(H,18,23)(H,19,20,21). The number of hydrogen-bond donors (Lipinski definition) is 2. The number of benzene rings is 1. The molecule has 0 unspecified atom stereocenters. The monoisotopic (exact) mass is 319 g/mol. The van der Waals surface area contributed by atoms with Gasteiger partial charge in [-0.05, 0) is 18.2 Å². The lowest BCUT2D eigenvalue weighted by molar-refractivity contribution is 0.785. The molecular weight excluding hydrogens is 302 g/mol. The summed E-state index contributed by atoms with van der Waals surface area (Å²) in [7, 11) is 1.87. The molecule has 0 radical (unpaired) electrons. The zero-order valence-electron chi connectivity index (χ0n) is 13.3. The lowest BCUT2D eigenvalue weighted by atomic mass is 10.2. The molecule has 0 aliphatic carbocycles. The van der Waals surface area contributed by atoms with Gasteiger partial charge in [0.25, 0.3) is 0 Å². The molecule has 4 rings (SSSR count). The number of rotatable bonds is 5. The van der Waals surface area contributed by atoms with E-state index in [1.807, 2.05) is 31.3 Å². The van der Waals surface area contributed by atoms with E-state index in [0.29, 0.717) is 0 Å². The van der Waals surface area contributed by atoms with E-state index in [1.54, 1.807) is 17.2 Å². The Hall–Kier alpha value is -3.22. The molecule has 3 aromatic heterocycles. The Kier molecular flexibility index (Phi) is 3.66. The number of para-hydroxylation sites is 1. The average Bonchev–Trinajstić information content (AvgIpc) is 3.01. The van der Waals surface area contributed by atoms with Gasteiger partial charge in [-0.25, -0.2) is 15.0 Å². The van der Waals surface area contributed by atoms with E-state index in [-0.39, 0.29) is 0 Å². The Balaban J connectivity index is 1.40. The second-order valence-electron chi connectivity index (χ2n) is 5.47. The van der Waals surface area contributed by atoms with Crippen LogP contribution in [0.25, 0.3) is 21.9 Å². The number of pyridine rings is 1. The highest BCUT2D eigenvalue weighted by Crippen LogP contribution is 2.17. The van der Waals surface area contributed by atoms with E-state index in [1.165, 1.54) is 0 Å². The summed E-state index contributed by atoms with van der Waals surface area (Å²) in [5.41, 5.74) is 1.81. The molecule has 0 aliphatic rings. The third kappa shape index (κ3) is 2.71. The van der Waals surface area contributed by atoms with Crippen molar-refractivity contribution in [3.8, 4) is 0 Å². The van der Waals surface area contributed by atoms with Crippen LogP contribution in [0.15, 0.2) is 48.9 Å². The maximum atomic E-state index is 4.60. The second kappa shape index (κ2) is 6.11. The summed E-state index contributed by atoms with van der Waals surface area (Å²) < 4.78 is 1.74. The summed E-state index contributed by atoms with van der Waals surface area (Å²) in [6.07, 6.45) is 3.32. The van der Waals surface area contributed by atoms with Gasteiger partial charge in [-0.15, -0.1) is 0 Å². The van der Waals surface area contributed by atoms with E-state index >= 15 is 0 Å². The number of nitrogens with zero attached hydrogens (tertiary/aromatic N) is 5. The van der Waals surface area contributed by atoms with Crippen LogP contribution < -0.4 is 10.6 Å². The average molecular weight is 319 g/mol. The fourth-order valence-corrected chi connectivity index (χ4v) is 2.64. The van der Waals surface area contributed by atoms with Gasteiger partial charge in [-0.3, -0.25) is 4.68 Å². The predicted molar refractivity (Wildman–Crippen MR) is 95.0 cm³/mol. The van der Waals surface area contributed by atoms with Crippen molar-refractivity contribution in [2.75, 3.05) is 23.7 Å². The molecule has 2 N–H and O–H groups in total. The van der Waals surface area contributed by atoms with Crippen molar-refractivity contribution >= 4 is 33.6 Å². The number of aryl methyl sites for hydroxylation is 1. The van der Waals surface area contributed by atoms with E-state index in [9.17, 15) is 0 Å². The third-order valence-electron chi connectivity index (χ3n) is 3.85. The Bertz CT molecular complexity index is 992. The quantitative estimate of drug-likeness (QED) is 0.550. The Labute approximate surface area is 138 Å². The first-order chi connectivity index (χ1) is 11.8. The minimum absolute atomic E-state index is 0.718. The molecule has 0 amide bonds. The smallest absolute Gasteiger partial charge is 0.163 e. The lowest BCUT2D eigenvalue weighted by Crippen LogP contribution is -2.15. The SMILES string of the molecule is Cn1ncc2c(NCCNc3ccc4ccccc4n3)ncnc21. The Morgan fingerprint density at radius 3 is 2.83 bits per heavy atom. The minimum atomic E-state index is 0.718. The van der Waals surface area contributed by atoms with Gasteiger partial charge >= 0.3 is 0 Å². The molecule has 0 saturated carbocycles. The van der Waals surface area contributed by atoms with Gasteiger partial charge < -0.3 is 10.6 Å². The largest absolute Gasteiger partial charge is 0.368 e. The third-order valence-corrected chi connectivity index (χ3v) is 3.85. The van der Waals surface area contributed by atoms with Crippen LogP contribution in [0, 0.1) is 0 Å². The van der Waals surface area contributed by atoms with Gasteiger partial charge in [0.15, 0.2) is 5.65 Å². The number of hydrogen-bond acceptors (Lipinski definition) is 6.